The fourth-order valence-electron chi connectivity index (χ4n) is 3.84. The molecule has 1 amide bonds. The number of nitrogens with zero attached hydrogens (tertiary/aromatic N) is 1. The van der Waals surface area contributed by atoms with Gasteiger partial charge >= 0.3 is 12.1 Å². The minimum Gasteiger partial charge on any atom is -0.464 e. The first-order valence-corrected chi connectivity index (χ1v) is 9.76. The van der Waals surface area contributed by atoms with Gasteiger partial charge in [-0.2, -0.15) is 0 Å². The van der Waals surface area contributed by atoms with E-state index in [2.05, 4.69) is 0 Å². The van der Waals surface area contributed by atoms with Gasteiger partial charge in [-0.3, -0.25) is 4.90 Å². The molecule has 3 rings (SSSR count). The van der Waals surface area contributed by atoms with Crippen LogP contribution in [0.2, 0.25) is 0 Å². The van der Waals surface area contributed by atoms with E-state index in [9.17, 15) is 9.59 Å². The predicted molar refractivity (Wildman–Crippen MR) is 107 cm³/mol. The zero-order valence-corrected chi connectivity index (χ0v) is 16.5. The van der Waals surface area contributed by atoms with Gasteiger partial charge in [-0.1, -0.05) is 60.2 Å². The molecular formula is C23H27NO4. The molecular weight excluding hydrogens is 354 g/mol. The molecule has 148 valence electrons. The lowest BCUT2D eigenvalue weighted by atomic mass is 9.87. The van der Waals surface area contributed by atoms with Gasteiger partial charge in [-0.25, -0.2) is 9.59 Å². The number of likely N-dealkylation sites (tertiary alicyclic amines) is 1. The highest BCUT2D eigenvalue weighted by molar-refractivity contribution is 5.87. The third-order valence-corrected chi connectivity index (χ3v) is 5.15. The van der Waals surface area contributed by atoms with E-state index in [0.29, 0.717) is 19.4 Å². The molecule has 0 saturated carbocycles. The zero-order valence-electron chi connectivity index (χ0n) is 16.5. The molecule has 1 fully saturated rings. The third-order valence-electron chi connectivity index (χ3n) is 5.15. The Morgan fingerprint density at radius 2 is 1.79 bits per heavy atom. The van der Waals surface area contributed by atoms with Crippen LogP contribution in [-0.4, -0.2) is 35.7 Å². The maximum absolute atomic E-state index is 13.0. The summed E-state index contributed by atoms with van der Waals surface area (Å²) in [4.78, 5) is 27.4. The summed E-state index contributed by atoms with van der Waals surface area (Å²) < 4.78 is 10.9. The fourth-order valence-corrected chi connectivity index (χ4v) is 3.84. The maximum atomic E-state index is 13.0. The van der Waals surface area contributed by atoms with Crippen molar-refractivity contribution >= 4 is 12.1 Å². The van der Waals surface area contributed by atoms with Gasteiger partial charge in [0.25, 0.3) is 0 Å². The Hall–Kier alpha value is -2.82. The molecule has 1 aliphatic rings. The van der Waals surface area contributed by atoms with Crippen molar-refractivity contribution in [1.29, 1.82) is 0 Å². The molecule has 1 atom stereocenters. The number of rotatable bonds is 6. The Kier molecular flexibility index (Phi) is 6.34. The number of aryl methyl sites for hydroxylation is 1. The van der Waals surface area contributed by atoms with Crippen LogP contribution in [0.3, 0.4) is 0 Å². The second-order valence-corrected chi connectivity index (χ2v) is 7.21. The maximum Gasteiger partial charge on any atom is 0.411 e. The van der Waals surface area contributed by atoms with Crippen LogP contribution < -0.4 is 0 Å². The highest BCUT2D eigenvalue weighted by atomic mass is 16.6. The highest BCUT2D eigenvalue weighted by Gasteiger charge is 2.51. The van der Waals surface area contributed by atoms with Crippen molar-refractivity contribution < 1.29 is 19.1 Å². The summed E-state index contributed by atoms with van der Waals surface area (Å²) >= 11 is 0. The van der Waals surface area contributed by atoms with Crippen LogP contribution in [0.5, 0.6) is 0 Å². The summed E-state index contributed by atoms with van der Waals surface area (Å²) in [5, 5.41) is 0. The third kappa shape index (κ3) is 4.35. The molecule has 0 spiro atoms. The fraction of sp³-hybridized carbons (Fsp3) is 0.391. The van der Waals surface area contributed by atoms with Crippen molar-refractivity contribution in [3.8, 4) is 0 Å². The second kappa shape index (κ2) is 8.91. The summed E-state index contributed by atoms with van der Waals surface area (Å²) in [6, 6.07) is 17.5. The number of hydrogen-bond acceptors (Lipinski definition) is 4. The molecule has 2 aromatic rings. The monoisotopic (exact) mass is 381 g/mol. The molecule has 0 aliphatic carbocycles. The van der Waals surface area contributed by atoms with Crippen LogP contribution in [0.15, 0.2) is 54.6 Å². The SMILES string of the molecule is CCOC(=O)C1(Cc2cccc(C)c2)CCCN1C(=O)OCc1ccccc1. The number of hydrogen-bond donors (Lipinski definition) is 0. The van der Waals surface area contributed by atoms with Crippen LogP contribution >= 0.6 is 0 Å². The summed E-state index contributed by atoms with van der Waals surface area (Å²) in [6.07, 6.45) is 1.27. The van der Waals surface area contributed by atoms with Gasteiger partial charge in [0.2, 0.25) is 0 Å². The van der Waals surface area contributed by atoms with Crippen molar-refractivity contribution in [3.05, 3.63) is 71.3 Å². The van der Waals surface area contributed by atoms with E-state index in [0.717, 1.165) is 23.1 Å². The quantitative estimate of drug-likeness (QED) is 0.701. The van der Waals surface area contributed by atoms with Gasteiger partial charge in [0, 0.05) is 13.0 Å². The first-order chi connectivity index (χ1) is 13.5. The Bertz CT molecular complexity index is 820. The van der Waals surface area contributed by atoms with Crippen molar-refractivity contribution in [2.45, 2.75) is 45.3 Å². The minimum atomic E-state index is -1.02. The van der Waals surface area contributed by atoms with E-state index < -0.39 is 11.6 Å². The van der Waals surface area contributed by atoms with E-state index in [1.165, 1.54) is 0 Å². The van der Waals surface area contributed by atoms with E-state index >= 15 is 0 Å². The van der Waals surface area contributed by atoms with Gasteiger partial charge in [-0.15, -0.1) is 0 Å². The van der Waals surface area contributed by atoms with Crippen LogP contribution in [0, 0.1) is 6.92 Å². The number of carbonyl (C=O) groups excluding carboxylic acids is 2. The number of carbonyl (C=O) groups is 2. The largest absolute Gasteiger partial charge is 0.464 e. The van der Waals surface area contributed by atoms with Crippen LogP contribution in [0.1, 0.15) is 36.5 Å². The van der Waals surface area contributed by atoms with E-state index in [-0.39, 0.29) is 19.2 Å². The standard InChI is InChI=1S/C23H27NO4/c1-3-27-21(25)23(16-20-12-7-9-18(2)15-20)13-8-14-24(23)22(26)28-17-19-10-5-4-6-11-19/h4-7,9-12,15H,3,8,13-14,16-17H2,1-2H3. The van der Waals surface area contributed by atoms with Gasteiger partial charge in [0.1, 0.15) is 12.1 Å². The number of esters is 1. The Morgan fingerprint density at radius 3 is 2.50 bits per heavy atom. The molecule has 1 unspecified atom stereocenters. The average Bonchev–Trinajstić information content (AvgIpc) is 3.12. The Balaban J connectivity index is 1.82. The van der Waals surface area contributed by atoms with Crippen molar-refractivity contribution in [2.75, 3.05) is 13.2 Å². The predicted octanol–water partition coefficient (Wildman–Crippen LogP) is 4.27. The lowest BCUT2D eigenvalue weighted by molar-refractivity contribution is -0.155. The van der Waals surface area contributed by atoms with Crippen LogP contribution in [0.25, 0.3) is 0 Å². The van der Waals surface area contributed by atoms with Crippen LogP contribution in [-0.2, 0) is 27.3 Å². The molecule has 5 heteroatoms. The van der Waals surface area contributed by atoms with E-state index in [1.807, 2.05) is 61.5 Å². The summed E-state index contributed by atoms with van der Waals surface area (Å²) in [5.74, 6) is -0.356. The topological polar surface area (TPSA) is 55.8 Å². The smallest absolute Gasteiger partial charge is 0.411 e. The summed E-state index contributed by atoms with van der Waals surface area (Å²) in [7, 11) is 0. The minimum absolute atomic E-state index is 0.180. The molecule has 0 aromatic heterocycles. The van der Waals surface area contributed by atoms with Crippen molar-refractivity contribution in [1.82, 2.24) is 4.90 Å². The molecule has 1 aliphatic heterocycles. The van der Waals surface area contributed by atoms with Gasteiger partial charge in [-0.05, 0) is 37.8 Å². The number of benzene rings is 2. The summed E-state index contributed by atoms with van der Waals surface area (Å²) in [6.45, 7) is 4.74. The average molecular weight is 381 g/mol. The van der Waals surface area contributed by atoms with E-state index in [1.54, 1.807) is 11.8 Å². The van der Waals surface area contributed by atoms with Gasteiger partial charge < -0.3 is 9.47 Å². The molecule has 1 heterocycles. The van der Waals surface area contributed by atoms with Crippen LogP contribution in [0.4, 0.5) is 4.79 Å². The molecule has 0 radical (unpaired) electrons. The van der Waals surface area contributed by atoms with Crippen molar-refractivity contribution in [3.63, 3.8) is 0 Å². The molecule has 5 nitrogen and oxygen atoms in total. The zero-order chi connectivity index (χ0) is 20.0. The Labute approximate surface area is 166 Å². The molecule has 2 aromatic carbocycles. The molecule has 28 heavy (non-hydrogen) atoms. The normalized spacial score (nSPS) is 18.7. The first kappa shape index (κ1) is 19.9. The summed E-state index contributed by atoms with van der Waals surface area (Å²) in [5.41, 5.74) is 2.02. The lowest BCUT2D eigenvalue weighted by Crippen LogP contribution is -2.55. The van der Waals surface area contributed by atoms with Gasteiger partial charge in [0.05, 0.1) is 6.61 Å². The van der Waals surface area contributed by atoms with Gasteiger partial charge in [0.15, 0.2) is 0 Å². The number of ether oxygens (including phenoxy) is 2. The van der Waals surface area contributed by atoms with E-state index in [4.69, 9.17) is 9.47 Å². The molecule has 0 N–H and O–H groups in total. The Morgan fingerprint density at radius 1 is 1.04 bits per heavy atom. The second-order valence-electron chi connectivity index (χ2n) is 7.21. The lowest BCUT2D eigenvalue weighted by Gasteiger charge is -2.35. The molecule has 0 bridgehead atoms. The first-order valence-electron chi connectivity index (χ1n) is 9.76. The van der Waals surface area contributed by atoms with Crippen molar-refractivity contribution in [2.24, 2.45) is 0 Å². The highest BCUT2D eigenvalue weighted by Crippen LogP contribution is 2.35. The molecule has 1 saturated heterocycles. The number of amides is 1.